The number of carbonyl (C=O) groups excluding carboxylic acids is 2. The predicted molar refractivity (Wildman–Crippen MR) is 126 cm³/mol. The van der Waals surface area contributed by atoms with Crippen LogP contribution in [0, 0.1) is 5.82 Å². The molecular formula is C24H20ClFN2O5S. The Morgan fingerprint density at radius 1 is 1.09 bits per heavy atom. The molecule has 1 heterocycles. The largest absolute Gasteiger partial charge is 0.465 e. The molecule has 7 nitrogen and oxygen atoms in total. The molecule has 1 aliphatic heterocycles. The number of halogens is 2. The SMILES string of the molecule is COC(=O)c1ccc(NC(=O)c2ccc3c(c2)N(S(=O)(=O)c2cccc(F)c2)CCC3)cc1Cl. The minimum atomic E-state index is -4.02. The summed E-state index contributed by atoms with van der Waals surface area (Å²) in [5, 5.41) is 2.80. The molecule has 0 radical (unpaired) electrons. The number of hydrogen-bond acceptors (Lipinski definition) is 5. The second-order valence-electron chi connectivity index (χ2n) is 7.62. The molecule has 0 aromatic heterocycles. The number of anilines is 2. The summed E-state index contributed by atoms with van der Waals surface area (Å²) in [6.07, 6.45) is 1.25. The van der Waals surface area contributed by atoms with Crippen LogP contribution in [0.25, 0.3) is 0 Å². The van der Waals surface area contributed by atoms with Gasteiger partial charge in [0.25, 0.3) is 15.9 Å². The number of hydrogen-bond donors (Lipinski definition) is 1. The molecule has 0 aliphatic carbocycles. The van der Waals surface area contributed by atoms with E-state index < -0.39 is 27.7 Å². The van der Waals surface area contributed by atoms with E-state index in [1.165, 1.54) is 53.9 Å². The summed E-state index contributed by atoms with van der Waals surface area (Å²) in [5.74, 6) is -1.74. The minimum absolute atomic E-state index is 0.113. The topological polar surface area (TPSA) is 92.8 Å². The molecule has 0 fully saturated rings. The van der Waals surface area contributed by atoms with Crippen molar-refractivity contribution in [1.82, 2.24) is 0 Å². The number of carbonyl (C=O) groups is 2. The molecule has 3 aromatic carbocycles. The number of nitrogens with one attached hydrogen (secondary N) is 1. The van der Waals surface area contributed by atoms with Gasteiger partial charge in [0.2, 0.25) is 0 Å². The Morgan fingerprint density at radius 3 is 2.59 bits per heavy atom. The number of fused-ring (bicyclic) bond motifs is 1. The first-order chi connectivity index (χ1) is 16.2. The van der Waals surface area contributed by atoms with Gasteiger partial charge in [0.05, 0.1) is 28.3 Å². The van der Waals surface area contributed by atoms with Gasteiger partial charge in [0.1, 0.15) is 5.82 Å². The summed E-state index contributed by atoms with van der Waals surface area (Å²) in [5.41, 5.74) is 1.89. The van der Waals surface area contributed by atoms with Gasteiger partial charge < -0.3 is 10.1 Å². The van der Waals surface area contributed by atoms with Gasteiger partial charge in [-0.15, -0.1) is 0 Å². The van der Waals surface area contributed by atoms with E-state index in [2.05, 4.69) is 10.1 Å². The fourth-order valence-electron chi connectivity index (χ4n) is 3.76. The summed E-state index contributed by atoms with van der Waals surface area (Å²) < 4.78 is 46.0. The molecule has 10 heteroatoms. The van der Waals surface area contributed by atoms with Crippen molar-refractivity contribution in [2.75, 3.05) is 23.3 Å². The highest BCUT2D eigenvalue weighted by molar-refractivity contribution is 7.92. The molecule has 1 aliphatic rings. The van der Waals surface area contributed by atoms with Crippen molar-refractivity contribution in [2.45, 2.75) is 17.7 Å². The van der Waals surface area contributed by atoms with E-state index in [1.807, 2.05) is 0 Å². The highest BCUT2D eigenvalue weighted by Crippen LogP contribution is 2.33. The standard InChI is InChI=1S/C24H20ClFN2O5S/c1-33-24(30)20-10-9-18(14-21(20)25)27-23(29)16-8-7-15-4-3-11-28(22(15)12-16)34(31,32)19-6-2-5-17(26)13-19/h2,5-10,12-14H,3-4,11H2,1H3,(H,27,29). The molecule has 176 valence electrons. The molecule has 1 amide bonds. The van der Waals surface area contributed by atoms with E-state index in [1.54, 1.807) is 12.1 Å². The van der Waals surface area contributed by atoms with E-state index in [0.29, 0.717) is 24.2 Å². The molecule has 1 N–H and O–H groups in total. The van der Waals surface area contributed by atoms with Gasteiger partial charge in [-0.25, -0.2) is 17.6 Å². The Morgan fingerprint density at radius 2 is 1.88 bits per heavy atom. The van der Waals surface area contributed by atoms with Crippen LogP contribution in [0.2, 0.25) is 5.02 Å². The van der Waals surface area contributed by atoms with Gasteiger partial charge in [-0.05, 0) is 66.9 Å². The van der Waals surface area contributed by atoms with Crippen molar-refractivity contribution in [3.05, 3.63) is 88.2 Å². The molecule has 0 spiro atoms. The van der Waals surface area contributed by atoms with Crippen LogP contribution in [-0.2, 0) is 21.2 Å². The zero-order valence-corrected chi connectivity index (χ0v) is 19.6. The average Bonchev–Trinajstić information content (AvgIpc) is 2.83. The minimum Gasteiger partial charge on any atom is -0.465 e. The first-order valence-corrected chi connectivity index (χ1v) is 12.1. The van der Waals surface area contributed by atoms with Gasteiger partial charge >= 0.3 is 5.97 Å². The number of benzene rings is 3. The predicted octanol–water partition coefficient (Wildman–Crippen LogP) is 4.66. The summed E-state index contributed by atoms with van der Waals surface area (Å²) in [4.78, 5) is 24.4. The van der Waals surface area contributed by atoms with Crippen molar-refractivity contribution in [3.63, 3.8) is 0 Å². The Kier molecular flexibility index (Phi) is 6.58. The van der Waals surface area contributed by atoms with Crippen molar-refractivity contribution in [2.24, 2.45) is 0 Å². The summed E-state index contributed by atoms with van der Waals surface area (Å²) in [6, 6.07) is 14.0. The molecule has 0 saturated heterocycles. The van der Waals surface area contributed by atoms with Crippen molar-refractivity contribution >= 4 is 44.9 Å². The second-order valence-corrected chi connectivity index (χ2v) is 9.89. The van der Waals surface area contributed by atoms with Crippen molar-refractivity contribution in [3.8, 4) is 0 Å². The number of esters is 1. The average molecular weight is 503 g/mol. The van der Waals surface area contributed by atoms with Crippen LogP contribution >= 0.6 is 11.6 Å². The molecule has 0 bridgehead atoms. The fourth-order valence-corrected chi connectivity index (χ4v) is 5.58. The zero-order chi connectivity index (χ0) is 24.5. The van der Waals surface area contributed by atoms with Gasteiger partial charge in [0.15, 0.2) is 0 Å². The van der Waals surface area contributed by atoms with Crippen LogP contribution in [0.1, 0.15) is 32.7 Å². The van der Waals surface area contributed by atoms with Crippen LogP contribution in [0.4, 0.5) is 15.8 Å². The summed E-state index contributed by atoms with van der Waals surface area (Å²) in [6.45, 7) is 0.210. The zero-order valence-electron chi connectivity index (χ0n) is 18.0. The van der Waals surface area contributed by atoms with Crippen LogP contribution in [0.15, 0.2) is 65.6 Å². The number of rotatable bonds is 5. The third-order valence-corrected chi connectivity index (χ3v) is 7.56. The molecule has 3 aromatic rings. The van der Waals surface area contributed by atoms with Crippen molar-refractivity contribution < 1.29 is 27.1 Å². The monoisotopic (exact) mass is 502 g/mol. The number of nitrogens with zero attached hydrogens (tertiary/aromatic N) is 1. The third kappa shape index (κ3) is 4.62. The Labute approximate surface area is 201 Å². The normalized spacial score (nSPS) is 13.2. The lowest BCUT2D eigenvalue weighted by Gasteiger charge is -2.31. The number of sulfonamides is 1. The highest BCUT2D eigenvalue weighted by atomic mass is 35.5. The maximum Gasteiger partial charge on any atom is 0.339 e. The first-order valence-electron chi connectivity index (χ1n) is 10.3. The maximum atomic E-state index is 13.7. The molecule has 0 saturated carbocycles. The number of methoxy groups -OCH3 is 1. The van der Waals surface area contributed by atoms with Gasteiger partial charge in [-0.2, -0.15) is 0 Å². The maximum absolute atomic E-state index is 13.7. The van der Waals surface area contributed by atoms with E-state index in [9.17, 15) is 22.4 Å². The quantitative estimate of drug-likeness (QED) is 0.512. The first kappa shape index (κ1) is 23.7. The van der Waals surface area contributed by atoms with E-state index >= 15 is 0 Å². The molecule has 0 atom stereocenters. The third-order valence-electron chi connectivity index (χ3n) is 5.44. The summed E-state index contributed by atoms with van der Waals surface area (Å²) in [7, 11) is -2.78. The van der Waals surface area contributed by atoms with Gasteiger partial charge in [-0.3, -0.25) is 9.10 Å². The second kappa shape index (κ2) is 9.44. The highest BCUT2D eigenvalue weighted by Gasteiger charge is 2.30. The smallest absolute Gasteiger partial charge is 0.339 e. The van der Waals surface area contributed by atoms with E-state index in [-0.39, 0.29) is 27.6 Å². The number of aryl methyl sites for hydroxylation is 1. The van der Waals surface area contributed by atoms with E-state index in [0.717, 1.165) is 11.6 Å². The lowest BCUT2D eigenvalue weighted by Crippen LogP contribution is -2.35. The molecule has 0 unspecified atom stereocenters. The summed E-state index contributed by atoms with van der Waals surface area (Å²) >= 11 is 6.11. The Balaban J connectivity index is 1.63. The Bertz CT molecular complexity index is 1390. The fraction of sp³-hybridized carbons (Fsp3) is 0.167. The number of amides is 1. The van der Waals surface area contributed by atoms with Gasteiger partial charge in [-0.1, -0.05) is 23.7 Å². The van der Waals surface area contributed by atoms with Crippen LogP contribution in [-0.4, -0.2) is 33.9 Å². The Hall–Kier alpha value is -3.43. The van der Waals surface area contributed by atoms with Crippen molar-refractivity contribution in [1.29, 1.82) is 0 Å². The van der Waals surface area contributed by atoms with Crippen LogP contribution in [0.3, 0.4) is 0 Å². The van der Waals surface area contributed by atoms with E-state index in [4.69, 9.17) is 11.6 Å². The molecule has 4 rings (SSSR count). The van der Waals surface area contributed by atoms with Crippen LogP contribution < -0.4 is 9.62 Å². The molecule has 34 heavy (non-hydrogen) atoms. The lowest BCUT2D eigenvalue weighted by molar-refractivity contribution is 0.0601. The molecular weight excluding hydrogens is 483 g/mol. The lowest BCUT2D eigenvalue weighted by atomic mass is 10.0. The van der Waals surface area contributed by atoms with Crippen LogP contribution in [0.5, 0.6) is 0 Å². The number of ether oxygens (including phenoxy) is 1. The van der Waals surface area contributed by atoms with Gasteiger partial charge in [0, 0.05) is 17.8 Å².